The highest BCUT2D eigenvalue weighted by atomic mass is 35.5. The van der Waals surface area contributed by atoms with E-state index >= 15 is 0 Å². The Morgan fingerprint density at radius 1 is 1.25 bits per heavy atom. The second-order valence-electron chi connectivity index (χ2n) is 10.3. The van der Waals surface area contributed by atoms with E-state index in [1.807, 2.05) is 53.7 Å². The summed E-state index contributed by atoms with van der Waals surface area (Å²) in [5, 5.41) is 17.8. The number of ether oxygens (including phenoxy) is 1. The van der Waals surface area contributed by atoms with Crippen LogP contribution in [-0.2, 0) is 15.1 Å². The normalized spacial score (nSPS) is 21.9. The molecule has 0 spiro atoms. The molecule has 0 unspecified atom stereocenters. The highest BCUT2D eigenvalue weighted by molar-refractivity contribution is 6.30. The highest BCUT2D eigenvalue weighted by Gasteiger charge is 2.50. The number of aliphatic hydroxyl groups is 1. The Labute approximate surface area is 196 Å². The van der Waals surface area contributed by atoms with Gasteiger partial charge in [-0.05, 0) is 43.9 Å². The number of carbonyl (C=O) groups is 2. The number of halogens is 1. The number of carbonyl (C=O) groups excluding carboxylic acids is 2. The Morgan fingerprint density at radius 2 is 1.84 bits per heavy atom. The Hall–Kier alpha value is -1.83. The number of amides is 3. The molecular formula is C24H38ClN3O4. The van der Waals surface area contributed by atoms with Crippen molar-refractivity contribution in [1.29, 1.82) is 0 Å². The molecule has 32 heavy (non-hydrogen) atoms. The molecule has 0 radical (unpaired) electrons. The van der Waals surface area contributed by atoms with Crippen LogP contribution < -0.4 is 10.6 Å². The molecule has 1 heterocycles. The number of nitrogens with zero attached hydrogens (tertiary/aromatic N) is 1. The molecule has 2 rings (SSSR count). The lowest BCUT2D eigenvalue weighted by atomic mass is 9.66. The number of piperidine rings is 1. The number of nitrogens with one attached hydrogen (secondary N) is 2. The number of rotatable bonds is 7. The van der Waals surface area contributed by atoms with E-state index in [1.165, 1.54) is 0 Å². The first kappa shape index (κ1) is 26.4. The number of benzene rings is 1. The minimum absolute atomic E-state index is 0.0936. The van der Waals surface area contributed by atoms with Crippen molar-refractivity contribution in [3.63, 3.8) is 0 Å². The predicted molar refractivity (Wildman–Crippen MR) is 127 cm³/mol. The fourth-order valence-electron chi connectivity index (χ4n) is 4.04. The van der Waals surface area contributed by atoms with Crippen molar-refractivity contribution in [2.45, 2.75) is 65.2 Å². The van der Waals surface area contributed by atoms with Crippen LogP contribution in [-0.4, -0.2) is 60.3 Å². The van der Waals surface area contributed by atoms with Gasteiger partial charge in [0.2, 0.25) is 5.91 Å². The zero-order chi connectivity index (χ0) is 24.3. The monoisotopic (exact) mass is 467 g/mol. The molecular weight excluding hydrogens is 430 g/mol. The molecule has 3 N–H and O–H groups in total. The zero-order valence-electron chi connectivity index (χ0n) is 20.3. The van der Waals surface area contributed by atoms with Crippen molar-refractivity contribution in [2.75, 3.05) is 26.7 Å². The van der Waals surface area contributed by atoms with E-state index in [0.29, 0.717) is 31.1 Å². The van der Waals surface area contributed by atoms with Crippen LogP contribution in [0.1, 0.15) is 53.5 Å². The first-order valence-electron chi connectivity index (χ1n) is 11.1. The molecule has 8 heteroatoms. The number of urea groups is 1. The van der Waals surface area contributed by atoms with E-state index in [-0.39, 0.29) is 11.8 Å². The summed E-state index contributed by atoms with van der Waals surface area (Å²) in [4.78, 5) is 27.6. The van der Waals surface area contributed by atoms with Gasteiger partial charge in [-0.1, -0.05) is 51.4 Å². The van der Waals surface area contributed by atoms with Crippen molar-refractivity contribution in [3.8, 4) is 0 Å². The smallest absolute Gasteiger partial charge is 0.315 e. The van der Waals surface area contributed by atoms with Gasteiger partial charge in [0.05, 0.1) is 11.2 Å². The van der Waals surface area contributed by atoms with E-state index in [1.54, 1.807) is 24.1 Å². The number of methoxy groups -OCH3 is 1. The van der Waals surface area contributed by atoms with Crippen LogP contribution in [0.5, 0.6) is 0 Å². The fourth-order valence-corrected chi connectivity index (χ4v) is 4.16. The predicted octanol–water partition coefficient (Wildman–Crippen LogP) is 3.53. The summed E-state index contributed by atoms with van der Waals surface area (Å²) in [6.45, 7) is 12.5. The highest BCUT2D eigenvalue weighted by Crippen LogP contribution is 2.46. The fraction of sp³-hybridized carbons (Fsp3) is 0.667. The van der Waals surface area contributed by atoms with Crippen molar-refractivity contribution < 1.29 is 19.4 Å². The Balaban J connectivity index is 2.11. The summed E-state index contributed by atoms with van der Waals surface area (Å²) >= 11 is 6.01. The summed E-state index contributed by atoms with van der Waals surface area (Å²) in [6, 6.07) is 6.14. The largest absolute Gasteiger partial charge is 0.384 e. The van der Waals surface area contributed by atoms with Crippen LogP contribution in [0.2, 0.25) is 5.02 Å². The van der Waals surface area contributed by atoms with Crippen LogP contribution >= 0.6 is 11.6 Å². The summed E-state index contributed by atoms with van der Waals surface area (Å²) in [5.74, 6) is -0.240. The van der Waals surface area contributed by atoms with Crippen LogP contribution in [0.4, 0.5) is 4.79 Å². The molecule has 180 valence electrons. The molecule has 1 aromatic rings. The van der Waals surface area contributed by atoms with Crippen LogP contribution in [0, 0.1) is 11.3 Å². The second-order valence-corrected chi connectivity index (χ2v) is 10.7. The molecule has 1 fully saturated rings. The third kappa shape index (κ3) is 5.94. The minimum Gasteiger partial charge on any atom is -0.384 e. The van der Waals surface area contributed by atoms with Crippen molar-refractivity contribution in [1.82, 2.24) is 15.5 Å². The van der Waals surface area contributed by atoms with E-state index in [4.69, 9.17) is 16.3 Å². The number of hydrogen-bond donors (Lipinski definition) is 3. The minimum atomic E-state index is -1.09. The van der Waals surface area contributed by atoms with Gasteiger partial charge in [-0.2, -0.15) is 0 Å². The summed E-state index contributed by atoms with van der Waals surface area (Å²) in [5.41, 5.74) is -1.39. The van der Waals surface area contributed by atoms with E-state index in [0.717, 1.165) is 5.56 Å². The summed E-state index contributed by atoms with van der Waals surface area (Å²) in [6.07, 6.45) is 0.395. The SMILES string of the molecule is COC(C)(C)CNC(=O)N[C@@H](C(=O)N1CC[C@](O)(c2ccc(Cl)cc2)C(C)(C)C1)C(C)C. The lowest BCUT2D eigenvalue weighted by Crippen LogP contribution is -2.61. The molecule has 1 saturated heterocycles. The molecule has 1 aliphatic rings. The average Bonchev–Trinajstić information content (AvgIpc) is 2.72. The lowest BCUT2D eigenvalue weighted by molar-refractivity contribution is -0.155. The number of likely N-dealkylation sites (tertiary alicyclic amines) is 1. The van der Waals surface area contributed by atoms with Crippen LogP contribution in [0.3, 0.4) is 0 Å². The molecule has 0 saturated carbocycles. The third-order valence-corrected chi connectivity index (χ3v) is 6.78. The maximum atomic E-state index is 13.4. The molecule has 1 aromatic carbocycles. The van der Waals surface area contributed by atoms with Gasteiger partial charge in [-0.3, -0.25) is 4.79 Å². The Kier molecular flexibility index (Phi) is 8.24. The van der Waals surface area contributed by atoms with Gasteiger partial charge in [0.15, 0.2) is 0 Å². The molecule has 0 bridgehead atoms. The van der Waals surface area contributed by atoms with Gasteiger partial charge >= 0.3 is 6.03 Å². The summed E-state index contributed by atoms with van der Waals surface area (Å²) < 4.78 is 5.32. The molecule has 2 atom stereocenters. The van der Waals surface area contributed by atoms with Gasteiger partial charge in [-0.15, -0.1) is 0 Å². The molecule has 1 aliphatic heterocycles. The maximum Gasteiger partial charge on any atom is 0.315 e. The second kappa shape index (κ2) is 9.98. The Morgan fingerprint density at radius 3 is 2.34 bits per heavy atom. The van der Waals surface area contributed by atoms with Crippen molar-refractivity contribution in [3.05, 3.63) is 34.9 Å². The topological polar surface area (TPSA) is 90.9 Å². The molecule has 0 aromatic heterocycles. The van der Waals surface area contributed by atoms with Gasteiger partial charge in [0.25, 0.3) is 0 Å². The first-order chi connectivity index (χ1) is 14.7. The average molecular weight is 468 g/mol. The first-order valence-corrected chi connectivity index (χ1v) is 11.5. The quantitative estimate of drug-likeness (QED) is 0.572. The van der Waals surface area contributed by atoms with Gasteiger partial charge in [-0.25, -0.2) is 4.79 Å². The molecule has 7 nitrogen and oxygen atoms in total. The number of hydrogen-bond acceptors (Lipinski definition) is 4. The maximum absolute atomic E-state index is 13.4. The van der Waals surface area contributed by atoms with E-state index < -0.39 is 28.7 Å². The van der Waals surface area contributed by atoms with Crippen LogP contribution in [0.25, 0.3) is 0 Å². The van der Waals surface area contributed by atoms with Gasteiger partial charge in [0.1, 0.15) is 6.04 Å². The van der Waals surface area contributed by atoms with E-state index in [2.05, 4.69) is 10.6 Å². The molecule has 3 amide bonds. The molecule has 0 aliphatic carbocycles. The van der Waals surface area contributed by atoms with Crippen LogP contribution in [0.15, 0.2) is 24.3 Å². The third-order valence-electron chi connectivity index (χ3n) is 6.53. The van der Waals surface area contributed by atoms with Crippen molar-refractivity contribution >= 4 is 23.5 Å². The summed E-state index contributed by atoms with van der Waals surface area (Å²) in [7, 11) is 1.59. The zero-order valence-corrected chi connectivity index (χ0v) is 21.0. The van der Waals surface area contributed by atoms with Crippen molar-refractivity contribution in [2.24, 2.45) is 11.3 Å². The van der Waals surface area contributed by atoms with Gasteiger partial charge in [0, 0.05) is 37.2 Å². The van der Waals surface area contributed by atoms with E-state index in [9.17, 15) is 14.7 Å². The van der Waals surface area contributed by atoms with Gasteiger partial charge < -0.3 is 25.4 Å². The standard InChI is InChI=1S/C24H38ClN3O4/c1-16(2)19(27-21(30)26-14-23(5,6)32-7)20(29)28-13-12-24(31,22(3,4)15-28)17-8-10-18(25)11-9-17/h8-11,16,19,31H,12-15H2,1-7H3,(H2,26,27,30)/t19-,24+/m1/s1. The lowest BCUT2D eigenvalue weighted by Gasteiger charge is -2.51. The Bertz CT molecular complexity index is 810.